The maximum absolute atomic E-state index is 11.4. The van der Waals surface area contributed by atoms with Crippen LogP contribution >= 0.6 is 0 Å². The summed E-state index contributed by atoms with van der Waals surface area (Å²) < 4.78 is 52.6. The molecule has 0 N–H and O–H groups in total. The van der Waals surface area contributed by atoms with E-state index in [0.717, 1.165) is 0 Å². The van der Waals surface area contributed by atoms with Gasteiger partial charge in [0.1, 0.15) is 5.97 Å². The van der Waals surface area contributed by atoms with Gasteiger partial charge < -0.3 is 9.90 Å². The van der Waals surface area contributed by atoms with Gasteiger partial charge in [0.15, 0.2) is 0 Å². The van der Waals surface area contributed by atoms with Gasteiger partial charge >= 0.3 is 37.9 Å². The second-order valence-corrected chi connectivity index (χ2v) is 2.63. The Morgan fingerprint density at radius 1 is 1.36 bits per heavy atom. The predicted molar refractivity (Wildman–Crippen MR) is 20.0 cm³/mol. The molecule has 0 aromatic heterocycles. The summed E-state index contributed by atoms with van der Waals surface area (Å²) in [5.74, 6) is -3.28. The zero-order valence-corrected chi connectivity index (χ0v) is 6.78. The molecule has 0 radical (unpaired) electrons. The van der Waals surface area contributed by atoms with Gasteiger partial charge in [-0.15, -0.1) is 0 Å². The van der Waals surface area contributed by atoms with Gasteiger partial charge in [-0.05, 0) is 0 Å². The number of carboxylic acids is 1. The Bertz CT molecular complexity index is 246. The Kier molecular flexibility index (Phi) is 4.39. The zero-order valence-electron chi connectivity index (χ0n) is 4.48. The Labute approximate surface area is 75.1 Å². The molecule has 0 spiro atoms. The number of carbonyl (C=O) groups excluding carboxylic acids is 1. The van der Waals surface area contributed by atoms with E-state index in [4.69, 9.17) is 0 Å². The van der Waals surface area contributed by atoms with Crippen LogP contribution in [0.15, 0.2) is 0 Å². The van der Waals surface area contributed by atoms with Crippen molar-refractivity contribution in [2.45, 2.75) is 5.25 Å². The molecule has 9 heteroatoms. The molecule has 0 unspecified atom stereocenters. The maximum atomic E-state index is 11.4. The predicted octanol–water partition coefficient (Wildman–Crippen LogP) is -1.37. The molecule has 0 saturated carbocycles. The molecule has 0 saturated heterocycles. The van der Waals surface area contributed by atoms with Gasteiger partial charge in [0, 0.05) is 0 Å². The molecule has 4 nitrogen and oxygen atoms in total. The molecule has 0 amide bonds. The number of alkyl halides is 2. The van der Waals surface area contributed by atoms with Crippen LogP contribution in [-0.4, -0.2) is 19.6 Å². The molecule has 0 heterocycles. The van der Waals surface area contributed by atoms with Crippen molar-refractivity contribution in [2.75, 3.05) is 0 Å². The van der Waals surface area contributed by atoms with E-state index >= 15 is 0 Å². The average Bonchev–Trinajstić information content (AvgIpc) is 1.62. The van der Waals surface area contributed by atoms with Gasteiger partial charge in [-0.2, -0.15) is 17.2 Å². The van der Waals surface area contributed by atoms with Crippen molar-refractivity contribution in [3.05, 3.63) is 0 Å². The van der Waals surface area contributed by atoms with Crippen molar-refractivity contribution in [3.8, 4) is 0 Å². The molecular weight excluding hydrogens is 285 g/mol. The Balaban J connectivity index is 0. The fraction of sp³-hybridized carbons (Fsp3) is 0.500. The molecule has 0 bridgehead atoms. The summed E-state index contributed by atoms with van der Waals surface area (Å²) in [4.78, 5) is 9.19. The third-order valence-electron chi connectivity index (χ3n) is 0.544. The van der Waals surface area contributed by atoms with Gasteiger partial charge in [-0.25, -0.2) is 0 Å². The third-order valence-corrected chi connectivity index (χ3v) is 1.32. The van der Waals surface area contributed by atoms with Crippen LogP contribution < -0.4 is 5.11 Å². The fourth-order valence-electron chi connectivity index (χ4n) is 0.0995. The average molecular weight is 285 g/mol. The molecule has 0 atom stereocenters. The smallest absolute Gasteiger partial charge is 0.543 e. The number of aliphatic carboxylic acids is 1. The monoisotopic (exact) mass is 284 g/mol. The van der Waals surface area contributed by atoms with Crippen LogP contribution in [0.1, 0.15) is 0 Å². The summed E-state index contributed by atoms with van der Waals surface area (Å²) >= 11 is 0. The third kappa shape index (κ3) is 2.81. The summed E-state index contributed by atoms with van der Waals surface area (Å²) in [5, 5.41) is 3.74. The first-order valence-electron chi connectivity index (χ1n) is 1.73. The van der Waals surface area contributed by atoms with Crippen LogP contribution in [-0.2, 0) is 37.4 Å². The quantitative estimate of drug-likeness (QED) is 0.463. The van der Waals surface area contributed by atoms with E-state index in [0.29, 0.717) is 0 Å². The van der Waals surface area contributed by atoms with Crippen LogP contribution in [0.2, 0.25) is 0 Å². The van der Waals surface area contributed by atoms with E-state index < -0.39 is 21.4 Å². The molecule has 0 aromatic carbocycles. The van der Waals surface area contributed by atoms with E-state index in [2.05, 4.69) is 0 Å². The molecule has 0 aromatic rings. The van der Waals surface area contributed by atoms with Crippen molar-refractivity contribution in [2.24, 2.45) is 0 Å². The SMILES string of the molecule is O=C([O-])C(F)(F)S(=O)(=O)F.[Ag+]. The number of carboxylic acid groups (broad SMARTS) is 1. The van der Waals surface area contributed by atoms with Gasteiger partial charge in [0.05, 0.1) is 0 Å². The summed E-state index contributed by atoms with van der Waals surface area (Å²) in [6.07, 6.45) is 0. The molecular formula is C2AgF3O4S. The van der Waals surface area contributed by atoms with Gasteiger partial charge in [0.25, 0.3) is 0 Å². The van der Waals surface area contributed by atoms with E-state index in [-0.39, 0.29) is 22.4 Å². The Morgan fingerprint density at radius 3 is 1.64 bits per heavy atom. The topological polar surface area (TPSA) is 74.3 Å². The number of hydrogen-bond donors (Lipinski definition) is 0. The molecule has 11 heavy (non-hydrogen) atoms. The molecule has 0 aliphatic carbocycles. The van der Waals surface area contributed by atoms with E-state index in [1.807, 2.05) is 0 Å². The Morgan fingerprint density at radius 2 is 1.64 bits per heavy atom. The largest absolute Gasteiger partial charge is 1.00 e. The van der Waals surface area contributed by atoms with Crippen LogP contribution in [0.4, 0.5) is 12.7 Å². The van der Waals surface area contributed by atoms with Gasteiger partial charge in [-0.1, -0.05) is 3.89 Å². The summed E-state index contributed by atoms with van der Waals surface area (Å²) in [7, 11) is -6.40. The second-order valence-electron chi connectivity index (χ2n) is 1.24. The Hall–Kier alpha value is -0.0497. The van der Waals surface area contributed by atoms with E-state index in [1.165, 1.54) is 0 Å². The minimum absolute atomic E-state index is 0. The molecule has 0 aliphatic rings. The van der Waals surface area contributed by atoms with Crippen molar-refractivity contribution in [3.63, 3.8) is 0 Å². The normalized spacial score (nSPS) is 11.9. The number of halogens is 3. The van der Waals surface area contributed by atoms with Crippen molar-refractivity contribution in [1.29, 1.82) is 0 Å². The van der Waals surface area contributed by atoms with Crippen LogP contribution in [0, 0.1) is 0 Å². The van der Waals surface area contributed by atoms with Gasteiger partial charge in [-0.3, -0.25) is 0 Å². The van der Waals surface area contributed by atoms with Crippen LogP contribution in [0.3, 0.4) is 0 Å². The fourth-order valence-corrected chi connectivity index (χ4v) is 0.299. The number of rotatable bonds is 2. The van der Waals surface area contributed by atoms with E-state index in [9.17, 15) is 31.0 Å². The first-order valence-corrected chi connectivity index (χ1v) is 3.11. The minimum atomic E-state index is -6.40. The summed E-state index contributed by atoms with van der Waals surface area (Å²) in [6, 6.07) is 0. The molecule has 0 fully saturated rings. The van der Waals surface area contributed by atoms with Crippen molar-refractivity contribution < 1.29 is 53.4 Å². The zero-order chi connectivity index (χ0) is 8.58. The maximum Gasteiger partial charge on any atom is 1.00 e. The summed E-state index contributed by atoms with van der Waals surface area (Å²) in [6.45, 7) is 0. The van der Waals surface area contributed by atoms with Crippen LogP contribution in [0.5, 0.6) is 0 Å². The first-order chi connectivity index (χ1) is 4.19. The molecule has 70 valence electrons. The van der Waals surface area contributed by atoms with Crippen molar-refractivity contribution in [1.82, 2.24) is 0 Å². The number of carbonyl (C=O) groups is 1. The molecule has 0 aliphatic heterocycles. The van der Waals surface area contributed by atoms with Crippen molar-refractivity contribution >= 4 is 16.2 Å². The standard InChI is InChI=1S/C2HF3O4S.Ag/c3-2(4,1(6)7)10(5,8)9;/h(H,6,7);/q;+1/p-1. The van der Waals surface area contributed by atoms with Crippen LogP contribution in [0.25, 0.3) is 0 Å². The first kappa shape index (κ1) is 13.5. The van der Waals surface area contributed by atoms with Gasteiger partial charge in [0.2, 0.25) is 0 Å². The molecule has 0 rings (SSSR count). The van der Waals surface area contributed by atoms with E-state index in [1.54, 1.807) is 0 Å². The summed E-state index contributed by atoms with van der Waals surface area (Å²) in [5.41, 5.74) is 0. The number of hydrogen-bond acceptors (Lipinski definition) is 4. The second kappa shape index (κ2) is 3.57. The minimum Gasteiger partial charge on any atom is -0.543 e.